The van der Waals surface area contributed by atoms with Gasteiger partial charge in [-0.05, 0) is 61.1 Å². The van der Waals surface area contributed by atoms with Crippen LogP contribution < -0.4 is 14.8 Å². The van der Waals surface area contributed by atoms with E-state index in [2.05, 4.69) is 39.9 Å². The second-order valence-electron chi connectivity index (χ2n) is 9.12. The number of hydrogen-bond acceptors (Lipinski definition) is 3. The predicted octanol–water partition coefficient (Wildman–Crippen LogP) is 7.54. The van der Waals surface area contributed by atoms with Crippen LogP contribution in [0.3, 0.4) is 0 Å². The van der Waals surface area contributed by atoms with Crippen LogP contribution in [0.25, 0.3) is 0 Å². The number of nitrogens with one attached hydrogen (secondary N) is 1. The van der Waals surface area contributed by atoms with Crippen molar-refractivity contribution in [2.45, 2.75) is 59.7 Å². The van der Waals surface area contributed by atoms with Gasteiger partial charge < -0.3 is 14.8 Å². The Hall–Kier alpha value is -1.13. The van der Waals surface area contributed by atoms with E-state index in [0.717, 1.165) is 17.5 Å². The molecule has 29 heavy (non-hydrogen) atoms. The van der Waals surface area contributed by atoms with Crippen molar-refractivity contribution in [1.82, 2.24) is 5.32 Å². The van der Waals surface area contributed by atoms with Crippen LogP contribution in [0.5, 0.6) is 11.5 Å². The third kappa shape index (κ3) is 7.57. The Kier molecular flexibility index (Phi) is 8.15. The molecule has 2 rings (SSSR count). The fourth-order valence-corrected chi connectivity index (χ4v) is 4.14. The zero-order chi connectivity index (χ0) is 21.8. The van der Waals surface area contributed by atoms with Crippen molar-refractivity contribution in [3.05, 3.63) is 56.5 Å². The monoisotopic (exact) mass is 457 g/mol. The first-order valence-electron chi connectivity index (χ1n) is 9.58. The van der Waals surface area contributed by atoms with Crippen LogP contribution in [0, 0.1) is 5.41 Å². The first kappa shape index (κ1) is 24.1. The quantitative estimate of drug-likeness (QED) is 0.443. The van der Waals surface area contributed by atoms with Gasteiger partial charge in [0, 0.05) is 12.1 Å². The Morgan fingerprint density at radius 2 is 1.52 bits per heavy atom. The molecule has 2 aromatic carbocycles. The Bertz CT molecular complexity index is 845. The van der Waals surface area contributed by atoms with Crippen molar-refractivity contribution in [2.24, 2.45) is 5.41 Å². The molecule has 0 radical (unpaired) electrons. The highest BCUT2D eigenvalue weighted by molar-refractivity contribution is 6.42. The summed E-state index contributed by atoms with van der Waals surface area (Å²) >= 11 is 18.6. The van der Waals surface area contributed by atoms with Gasteiger partial charge in [0.1, 0.15) is 6.61 Å². The minimum absolute atomic E-state index is 0.000976. The smallest absolute Gasteiger partial charge is 0.180 e. The Labute approximate surface area is 189 Å². The van der Waals surface area contributed by atoms with E-state index in [9.17, 15) is 0 Å². The number of ether oxygens (including phenoxy) is 2. The second kappa shape index (κ2) is 9.78. The van der Waals surface area contributed by atoms with Gasteiger partial charge in [-0.25, -0.2) is 0 Å². The lowest BCUT2D eigenvalue weighted by molar-refractivity contribution is 0.240. The van der Waals surface area contributed by atoms with Gasteiger partial charge in [0.2, 0.25) is 0 Å². The molecule has 6 heteroatoms. The van der Waals surface area contributed by atoms with Gasteiger partial charge in [0.15, 0.2) is 11.5 Å². The molecule has 0 fully saturated rings. The molecule has 0 saturated carbocycles. The molecule has 3 nitrogen and oxygen atoms in total. The number of methoxy groups -OCH3 is 1. The average Bonchev–Trinajstić information content (AvgIpc) is 2.59. The molecule has 2 aromatic rings. The summed E-state index contributed by atoms with van der Waals surface area (Å²) < 4.78 is 11.5. The standard InChI is InChI=1S/C23H30Cl3NO2/c1-22(2,3)14-23(4,5)27-12-16-10-19(26)21(20(11-16)28-6)29-13-15-7-8-17(24)18(25)9-15/h7-11,27H,12-14H2,1-6H3. The molecule has 0 amide bonds. The summed E-state index contributed by atoms with van der Waals surface area (Å²) in [7, 11) is 1.61. The van der Waals surface area contributed by atoms with Crippen LogP contribution in [0.1, 0.15) is 52.2 Å². The number of rotatable bonds is 8. The minimum Gasteiger partial charge on any atom is -0.493 e. The molecule has 0 unspecified atom stereocenters. The average molecular weight is 459 g/mol. The molecule has 0 saturated heterocycles. The zero-order valence-electron chi connectivity index (χ0n) is 18.0. The van der Waals surface area contributed by atoms with Gasteiger partial charge in [-0.1, -0.05) is 61.6 Å². The molecule has 160 valence electrons. The van der Waals surface area contributed by atoms with E-state index in [-0.39, 0.29) is 11.0 Å². The lowest BCUT2D eigenvalue weighted by atomic mass is 9.82. The van der Waals surface area contributed by atoms with Crippen molar-refractivity contribution in [1.29, 1.82) is 0 Å². The van der Waals surface area contributed by atoms with E-state index in [4.69, 9.17) is 44.3 Å². The number of hydrogen-bond donors (Lipinski definition) is 1. The SMILES string of the molecule is COc1cc(CNC(C)(C)CC(C)(C)C)cc(Cl)c1OCc1ccc(Cl)c(Cl)c1. The van der Waals surface area contributed by atoms with Gasteiger partial charge in [0.05, 0.1) is 22.2 Å². The Morgan fingerprint density at radius 1 is 0.862 bits per heavy atom. The van der Waals surface area contributed by atoms with Crippen molar-refractivity contribution in [3.63, 3.8) is 0 Å². The zero-order valence-corrected chi connectivity index (χ0v) is 20.2. The Morgan fingerprint density at radius 3 is 2.10 bits per heavy atom. The summed E-state index contributed by atoms with van der Waals surface area (Å²) in [6, 6.07) is 9.25. The first-order chi connectivity index (χ1) is 13.4. The fourth-order valence-electron chi connectivity index (χ4n) is 3.53. The fraction of sp³-hybridized carbons (Fsp3) is 0.478. The number of halogens is 3. The summed E-state index contributed by atoms with van der Waals surface area (Å²) in [5.41, 5.74) is 2.18. The number of benzene rings is 2. The van der Waals surface area contributed by atoms with Crippen LogP contribution in [0.4, 0.5) is 0 Å². The van der Waals surface area contributed by atoms with E-state index in [1.165, 1.54) is 0 Å². The summed E-state index contributed by atoms with van der Waals surface area (Å²) in [6.45, 7) is 12.2. The third-order valence-electron chi connectivity index (χ3n) is 4.40. The molecule has 0 atom stereocenters. The van der Waals surface area contributed by atoms with Gasteiger partial charge in [-0.15, -0.1) is 0 Å². The molecule has 0 bridgehead atoms. The highest BCUT2D eigenvalue weighted by atomic mass is 35.5. The van der Waals surface area contributed by atoms with Gasteiger partial charge in [-0.3, -0.25) is 0 Å². The van der Waals surface area contributed by atoms with E-state index in [0.29, 0.717) is 39.7 Å². The Balaban J connectivity index is 2.11. The van der Waals surface area contributed by atoms with Gasteiger partial charge in [0.25, 0.3) is 0 Å². The molecular formula is C23H30Cl3NO2. The van der Waals surface area contributed by atoms with Crippen LogP contribution in [-0.4, -0.2) is 12.6 Å². The molecule has 0 spiro atoms. The van der Waals surface area contributed by atoms with E-state index in [1.807, 2.05) is 18.2 Å². The molecule has 0 aliphatic carbocycles. The summed E-state index contributed by atoms with van der Waals surface area (Å²) in [5, 5.41) is 5.13. The predicted molar refractivity (Wildman–Crippen MR) is 124 cm³/mol. The molecule has 1 N–H and O–H groups in total. The summed E-state index contributed by atoms with van der Waals surface area (Å²) in [5.74, 6) is 1.11. The maximum absolute atomic E-state index is 6.51. The maximum Gasteiger partial charge on any atom is 0.180 e. The molecule has 0 heterocycles. The second-order valence-corrected chi connectivity index (χ2v) is 10.3. The molecule has 0 aromatic heterocycles. The topological polar surface area (TPSA) is 30.5 Å². The molecule has 0 aliphatic heterocycles. The largest absolute Gasteiger partial charge is 0.493 e. The van der Waals surface area contributed by atoms with E-state index in [1.54, 1.807) is 19.2 Å². The lowest BCUT2D eigenvalue weighted by Crippen LogP contribution is -2.41. The lowest BCUT2D eigenvalue weighted by Gasteiger charge is -2.33. The molecule has 0 aliphatic rings. The molecular weight excluding hydrogens is 429 g/mol. The first-order valence-corrected chi connectivity index (χ1v) is 10.7. The highest BCUT2D eigenvalue weighted by Crippen LogP contribution is 2.37. The van der Waals surface area contributed by atoms with Crippen LogP contribution in [-0.2, 0) is 13.2 Å². The van der Waals surface area contributed by atoms with Crippen LogP contribution in [0.2, 0.25) is 15.1 Å². The highest BCUT2D eigenvalue weighted by Gasteiger charge is 2.25. The third-order valence-corrected chi connectivity index (χ3v) is 5.42. The van der Waals surface area contributed by atoms with Crippen molar-refractivity contribution in [3.8, 4) is 11.5 Å². The van der Waals surface area contributed by atoms with Crippen LogP contribution in [0.15, 0.2) is 30.3 Å². The summed E-state index contributed by atoms with van der Waals surface area (Å²) in [6.07, 6.45) is 1.05. The van der Waals surface area contributed by atoms with Crippen LogP contribution >= 0.6 is 34.8 Å². The normalized spacial score (nSPS) is 12.2. The van der Waals surface area contributed by atoms with Crippen molar-refractivity contribution in [2.75, 3.05) is 7.11 Å². The maximum atomic E-state index is 6.51. The minimum atomic E-state index is 0.000976. The van der Waals surface area contributed by atoms with E-state index >= 15 is 0 Å². The van der Waals surface area contributed by atoms with Crippen molar-refractivity contribution < 1.29 is 9.47 Å². The van der Waals surface area contributed by atoms with E-state index < -0.39 is 0 Å². The van der Waals surface area contributed by atoms with Gasteiger partial charge in [-0.2, -0.15) is 0 Å². The van der Waals surface area contributed by atoms with Gasteiger partial charge >= 0.3 is 0 Å². The van der Waals surface area contributed by atoms with Crippen molar-refractivity contribution >= 4 is 34.8 Å². The summed E-state index contributed by atoms with van der Waals surface area (Å²) in [4.78, 5) is 0.